The van der Waals surface area contributed by atoms with Crippen molar-refractivity contribution in [2.45, 2.75) is 25.0 Å². The molecule has 0 unspecified atom stereocenters. The van der Waals surface area contributed by atoms with Gasteiger partial charge in [0.25, 0.3) is 5.91 Å². The summed E-state index contributed by atoms with van der Waals surface area (Å²) in [6.07, 6.45) is 0.530. The molecular formula is C19H19F3IN3O2. The highest BCUT2D eigenvalue weighted by Gasteiger charge is 2.47. The van der Waals surface area contributed by atoms with Crippen LogP contribution in [0.3, 0.4) is 0 Å². The Kier molecular flexibility index (Phi) is 5.87. The van der Waals surface area contributed by atoms with Crippen molar-refractivity contribution in [2.75, 3.05) is 18.4 Å². The van der Waals surface area contributed by atoms with Crippen LogP contribution in [0.4, 0.5) is 24.5 Å². The molecule has 2 aromatic rings. The zero-order valence-electron chi connectivity index (χ0n) is 15.0. The largest absolute Gasteiger partial charge is 0.385 e. The number of rotatable bonds is 5. The summed E-state index contributed by atoms with van der Waals surface area (Å²) in [6, 6.07) is 5.65. The third kappa shape index (κ3) is 3.83. The van der Waals surface area contributed by atoms with Gasteiger partial charge in [-0.15, -0.1) is 0 Å². The van der Waals surface area contributed by atoms with Gasteiger partial charge in [0, 0.05) is 9.61 Å². The molecule has 1 fully saturated rings. The van der Waals surface area contributed by atoms with Crippen molar-refractivity contribution >= 4 is 39.9 Å². The van der Waals surface area contributed by atoms with Crippen LogP contribution in [-0.4, -0.2) is 40.6 Å². The molecule has 4 N–H and O–H groups in total. The average Bonchev–Trinajstić information content (AvgIpc) is 2.63. The minimum Gasteiger partial charge on any atom is -0.385 e. The maximum atomic E-state index is 14.4. The summed E-state index contributed by atoms with van der Waals surface area (Å²) in [5.41, 5.74) is 3.95. The molecule has 3 rings (SSSR count). The van der Waals surface area contributed by atoms with Gasteiger partial charge in [-0.2, -0.15) is 0 Å². The summed E-state index contributed by atoms with van der Waals surface area (Å²) < 4.78 is 43.0. The van der Waals surface area contributed by atoms with E-state index in [-0.39, 0.29) is 24.3 Å². The van der Waals surface area contributed by atoms with Gasteiger partial charge in [0.15, 0.2) is 11.6 Å². The molecule has 150 valence electrons. The number of carbonyl (C=O) groups excluding carboxylic acids is 1. The lowest BCUT2D eigenvalue weighted by Crippen LogP contribution is -2.70. The smallest absolute Gasteiger partial charge is 0.256 e. The quantitative estimate of drug-likeness (QED) is 0.545. The van der Waals surface area contributed by atoms with E-state index < -0.39 is 40.7 Å². The first-order valence-corrected chi connectivity index (χ1v) is 9.71. The molecule has 0 aliphatic carbocycles. The normalized spacial score (nSPS) is 16.5. The lowest BCUT2D eigenvalue weighted by Gasteiger charge is -2.49. The van der Waals surface area contributed by atoms with Gasteiger partial charge in [-0.3, -0.25) is 4.79 Å². The molecule has 0 spiro atoms. The SMILES string of the molecule is CC[C@H](N)C1(O)CN(C(=O)c2ccc(F)c(F)c2Nc2ccc(I)cc2F)C1. The molecule has 1 aliphatic heterocycles. The van der Waals surface area contributed by atoms with Gasteiger partial charge in [0.05, 0.1) is 30.0 Å². The summed E-state index contributed by atoms with van der Waals surface area (Å²) in [7, 11) is 0. The Hall–Kier alpha value is -1.85. The van der Waals surface area contributed by atoms with Crippen molar-refractivity contribution in [3.63, 3.8) is 0 Å². The Morgan fingerprint density at radius 3 is 2.57 bits per heavy atom. The predicted octanol–water partition coefficient (Wildman–Crippen LogP) is 3.38. The molecule has 1 atom stereocenters. The van der Waals surface area contributed by atoms with Crippen molar-refractivity contribution in [1.82, 2.24) is 4.90 Å². The number of halogens is 4. The first-order chi connectivity index (χ1) is 13.2. The van der Waals surface area contributed by atoms with Crippen LogP contribution < -0.4 is 11.1 Å². The number of hydrogen-bond donors (Lipinski definition) is 3. The van der Waals surface area contributed by atoms with Crippen molar-refractivity contribution < 1.29 is 23.1 Å². The van der Waals surface area contributed by atoms with Crippen molar-refractivity contribution in [3.8, 4) is 0 Å². The third-order valence-corrected chi connectivity index (χ3v) is 5.53. The Balaban J connectivity index is 1.90. The minimum atomic E-state index is -1.29. The minimum absolute atomic E-state index is 0.0167. The fourth-order valence-electron chi connectivity index (χ4n) is 3.12. The zero-order chi connectivity index (χ0) is 20.6. The second-order valence-corrected chi connectivity index (χ2v) is 8.06. The van der Waals surface area contributed by atoms with Gasteiger partial charge in [-0.05, 0) is 59.3 Å². The van der Waals surface area contributed by atoms with Crippen molar-refractivity contribution in [2.24, 2.45) is 5.73 Å². The van der Waals surface area contributed by atoms with Gasteiger partial charge >= 0.3 is 0 Å². The molecule has 1 saturated heterocycles. The van der Waals surface area contributed by atoms with Crippen molar-refractivity contribution in [3.05, 3.63) is 56.9 Å². The van der Waals surface area contributed by atoms with Crippen LogP contribution in [0.2, 0.25) is 0 Å². The monoisotopic (exact) mass is 505 g/mol. The summed E-state index contributed by atoms with van der Waals surface area (Å²) in [4.78, 5) is 14.1. The average molecular weight is 505 g/mol. The van der Waals surface area contributed by atoms with E-state index in [1.54, 1.807) is 6.07 Å². The molecule has 2 aromatic carbocycles. The first-order valence-electron chi connectivity index (χ1n) is 8.63. The fraction of sp³-hybridized carbons (Fsp3) is 0.316. The molecule has 1 aliphatic rings. The van der Waals surface area contributed by atoms with Gasteiger partial charge in [-0.25, -0.2) is 13.2 Å². The summed E-state index contributed by atoms with van der Waals surface area (Å²) in [5.74, 6) is -3.73. The van der Waals surface area contributed by atoms with Gasteiger partial charge in [-0.1, -0.05) is 6.92 Å². The number of anilines is 2. The van der Waals surface area contributed by atoms with Crippen LogP contribution in [-0.2, 0) is 0 Å². The number of aliphatic hydroxyl groups is 1. The predicted molar refractivity (Wildman–Crippen MR) is 108 cm³/mol. The van der Waals surface area contributed by atoms with Gasteiger partial charge < -0.3 is 21.1 Å². The number of likely N-dealkylation sites (tertiary alicyclic amines) is 1. The lowest BCUT2D eigenvalue weighted by molar-refractivity contribution is -0.0971. The summed E-state index contributed by atoms with van der Waals surface area (Å²) in [6.45, 7) is 1.79. The van der Waals surface area contributed by atoms with Crippen LogP contribution in [0.25, 0.3) is 0 Å². The number of nitrogens with two attached hydrogens (primary N) is 1. The first kappa shape index (κ1) is 20.9. The Morgan fingerprint density at radius 2 is 1.96 bits per heavy atom. The molecule has 1 amide bonds. The molecule has 0 bridgehead atoms. The van der Waals surface area contributed by atoms with E-state index in [1.807, 2.05) is 29.5 Å². The third-order valence-electron chi connectivity index (χ3n) is 4.86. The van der Waals surface area contributed by atoms with Crippen molar-refractivity contribution in [1.29, 1.82) is 0 Å². The number of hydrogen-bond acceptors (Lipinski definition) is 4. The van der Waals surface area contributed by atoms with Crippen LogP contribution in [0.5, 0.6) is 0 Å². The van der Waals surface area contributed by atoms with Crippen LogP contribution in [0, 0.1) is 21.0 Å². The summed E-state index contributed by atoms with van der Waals surface area (Å²) in [5, 5.41) is 12.9. The molecule has 0 saturated carbocycles. The topological polar surface area (TPSA) is 78.6 Å². The molecular weight excluding hydrogens is 486 g/mol. The van der Waals surface area contributed by atoms with Crippen LogP contribution in [0.15, 0.2) is 30.3 Å². The Labute approximate surface area is 173 Å². The maximum absolute atomic E-state index is 14.4. The highest BCUT2D eigenvalue weighted by atomic mass is 127. The number of β-amino-alcohol motifs (C(OH)–C–C–N with tert-alkyl or cyclic N) is 1. The summed E-state index contributed by atoms with van der Waals surface area (Å²) >= 11 is 1.92. The van der Waals surface area contributed by atoms with Gasteiger partial charge in [0.2, 0.25) is 0 Å². The molecule has 28 heavy (non-hydrogen) atoms. The molecule has 0 aromatic heterocycles. The van der Waals surface area contributed by atoms with E-state index in [0.29, 0.717) is 9.99 Å². The molecule has 9 heteroatoms. The van der Waals surface area contributed by atoms with E-state index in [1.165, 1.54) is 17.0 Å². The van der Waals surface area contributed by atoms with E-state index in [0.717, 1.165) is 12.1 Å². The standard InChI is InChI=1S/C19H19F3IN3O2/c1-2-15(24)19(28)8-26(9-19)18(27)11-4-5-12(20)16(22)17(11)25-14-6-3-10(23)7-13(14)21/h3-7,15,25,28H,2,8-9,24H2,1H3/t15-/m0/s1. The second-order valence-electron chi connectivity index (χ2n) is 6.81. The molecule has 5 nitrogen and oxygen atoms in total. The fourth-order valence-corrected chi connectivity index (χ4v) is 3.57. The zero-order valence-corrected chi connectivity index (χ0v) is 17.1. The maximum Gasteiger partial charge on any atom is 0.256 e. The highest BCUT2D eigenvalue weighted by Crippen LogP contribution is 2.32. The van der Waals surface area contributed by atoms with Crippen LogP contribution in [0.1, 0.15) is 23.7 Å². The Morgan fingerprint density at radius 1 is 1.29 bits per heavy atom. The molecule has 0 radical (unpaired) electrons. The second kappa shape index (κ2) is 7.88. The number of amides is 1. The Bertz CT molecular complexity index is 920. The van der Waals surface area contributed by atoms with Crippen LogP contribution >= 0.6 is 22.6 Å². The van der Waals surface area contributed by atoms with E-state index >= 15 is 0 Å². The number of nitrogens with zero attached hydrogens (tertiary/aromatic N) is 1. The van der Waals surface area contributed by atoms with E-state index in [2.05, 4.69) is 5.32 Å². The van der Waals surface area contributed by atoms with E-state index in [4.69, 9.17) is 5.73 Å². The van der Waals surface area contributed by atoms with Gasteiger partial charge in [0.1, 0.15) is 11.4 Å². The molecule has 1 heterocycles. The highest BCUT2D eigenvalue weighted by molar-refractivity contribution is 14.1. The lowest BCUT2D eigenvalue weighted by atomic mass is 9.84. The van der Waals surface area contributed by atoms with E-state index in [9.17, 15) is 23.1 Å². The number of benzene rings is 2. The number of nitrogens with one attached hydrogen (secondary N) is 1. The number of carbonyl (C=O) groups is 1.